The van der Waals surface area contributed by atoms with Crippen LogP contribution in [0.4, 0.5) is 14.4 Å². The number of amides is 4. The second-order valence-electron chi connectivity index (χ2n) is 16.6. The summed E-state index contributed by atoms with van der Waals surface area (Å²) in [4.78, 5) is 65.2. The third kappa shape index (κ3) is 19.9. The lowest BCUT2D eigenvalue weighted by molar-refractivity contribution is -0.139. The topological polar surface area (TPSA) is 149 Å². The minimum atomic E-state index is -1.52. The molecule has 11 nitrogen and oxygen atoms in total. The maximum absolute atomic E-state index is 13.4. The molecule has 0 fully saturated rings. The number of carboxylic acids is 1. The standard InChI is InChI=1S/C50H76N2O9/c1-3-5-7-9-11-13-15-17-19-21-23-29-37-59-49(57)52(50(58)60-38-30-24-22-20-18-16-14-12-10-8-6-4-2)46(53)36-35-45(47(54)55)51-48(56)61-39-44-42-33-27-25-31-40(42)41-32-26-28-34-43(41)44/h25-28,31-34,44-45H,3-24,29-30,35-39H2,1-2H3,(H,51,56)(H,54,55)/t45-/m0/s1. The van der Waals surface area contributed by atoms with E-state index in [2.05, 4.69) is 19.2 Å². The zero-order valence-corrected chi connectivity index (χ0v) is 37.4. The van der Waals surface area contributed by atoms with E-state index in [-0.39, 0.29) is 25.7 Å². The molecule has 340 valence electrons. The number of hydrogen-bond acceptors (Lipinski definition) is 8. The molecule has 1 aliphatic rings. The van der Waals surface area contributed by atoms with Gasteiger partial charge in [-0.2, -0.15) is 0 Å². The third-order valence-corrected chi connectivity index (χ3v) is 11.6. The van der Waals surface area contributed by atoms with Crippen LogP contribution in [-0.4, -0.2) is 66.0 Å². The van der Waals surface area contributed by atoms with E-state index in [0.29, 0.717) is 17.7 Å². The van der Waals surface area contributed by atoms with E-state index in [1.54, 1.807) is 0 Å². The van der Waals surface area contributed by atoms with E-state index in [9.17, 15) is 29.1 Å². The van der Waals surface area contributed by atoms with Gasteiger partial charge in [0.2, 0.25) is 5.91 Å². The fraction of sp³-hybridized carbons (Fsp3) is 0.660. The summed E-state index contributed by atoms with van der Waals surface area (Å²) in [5, 5.41) is 12.3. The number of fused-ring (bicyclic) bond motifs is 3. The molecule has 2 aromatic carbocycles. The monoisotopic (exact) mass is 849 g/mol. The van der Waals surface area contributed by atoms with E-state index >= 15 is 0 Å². The SMILES string of the molecule is CCCCCCCCCCCCCCOC(=O)N(C(=O)CC[C@H](NC(=O)OCC1c2ccccc2-c2ccccc21)C(=O)O)C(=O)OCCCCCCCCCCCCCC. The lowest BCUT2D eigenvalue weighted by Crippen LogP contribution is -2.45. The summed E-state index contributed by atoms with van der Waals surface area (Å²) in [6, 6.07) is 14.2. The minimum absolute atomic E-state index is 0.0189. The van der Waals surface area contributed by atoms with E-state index in [1.807, 2.05) is 48.5 Å². The number of nitrogens with zero attached hydrogens (tertiary/aromatic N) is 1. The van der Waals surface area contributed by atoms with Crippen molar-refractivity contribution in [1.82, 2.24) is 10.2 Å². The molecule has 0 unspecified atom stereocenters. The molecule has 4 amide bonds. The molecule has 0 saturated carbocycles. The molecule has 0 spiro atoms. The molecular formula is C50H76N2O9. The van der Waals surface area contributed by atoms with E-state index in [0.717, 1.165) is 60.8 Å². The predicted molar refractivity (Wildman–Crippen MR) is 241 cm³/mol. The van der Waals surface area contributed by atoms with Crippen molar-refractivity contribution in [3.63, 3.8) is 0 Å². The number of hydrogen-bond donors (Lipinski definition) is 2. The number of unbranched alkanes of at least 4 members (excludes halogenated alkanes) is 22. The highest BCUT2D eigenvalue weighted by molar-refractivity contribution is 6.06. The Kier molecular flexibility index (Phi) is 26.3. The van der Waals surface area contributed by atoms with Crippen LogP contribution in [0.2, 0.25) is 0 Å². The van der Waals surface area contributed by atoms with Crippen molar-refractivity contribution < 1.29 is 43.3 Å². The fourth-order valence-electron chi connectivity index (χ4n) is 8.03. The second kappa shape index (κ2) is 31.4. The van der Waals surface area contributed by atoms with Crippen LogP contribution in [0.15, 0.2) is 48.5 Å². The van der Waals surface area contributed by atoms with Gasteiger partial charge < -0.3 is 24.6 Å². The Balaban J connectivity index is 1.45. The Morgan fingerprint density at radius 3 is 1.33 bits per heavy atom. The van der Waals surface area contributed by atoms with Crippen molar-refractivity contribution in [2.24, 2.45) is 0 Å². The molecule has 1 atom stereocenters. The minimum Gasteiger partial charge on any atom is -0.480 e. The Labute approximate surface area is 366 Å². The Bertz CT molecular complexity index is 1490. The molecular weight excluding hydrogens is 773 g/mol. The number of imide groups is 3. The average Bonchev–Trinajstić information content (AvgIpc) is 3.58. The van der Waals surface area contributed by atoms with Gasteiger partial charge in [0.25, 0.3) is 0 Å². The first-order chi connectivity index (χ1) is 29.8. The highest BCUT2D eigenvalue weighted by Crippen LogP contribution is 2.44. The van der Waals surface area contributed by atoms with Crippen LogP contribution in [0.25, 0.3) is 11.1 Å². The molecule has 2 N–H and O–H groups in total. The average molecular weight is 849 g/mol. The normalized spacial score (nSPS) is 12.3. The summed E-state index contributed by atoms with van der Waals surface area (Å²) in [5.41, 5.74) is 4.12. The number of carbonyl (C=O) groups excluding carboxylic acids is 4. The quantitative estimate of drug-likeness (QED) is 0.0529. The lowest BCUT2D eigenvalue weighted by Gasteiger charge is -2.20. The lowest BCUT2D eigenvalue weighted by atomic mass is 9.98. The maximum atomic E-state index is 13.4. The molecule has 11 heteroatoms. The van der Waals surface area contributed by atoms with Gasteiger partial charge >= 0.3 is 24.2 Å². The second-order valence-corrected chi connectivity index (χ2v) is 16.6. The molecule has 0 bridgehead atoms. The Morgan fingerprint density at radius 2 is 0.934 bits per heavy atom. The van der Waals surface area contributed by atoms with Gasteiger partial charge in [-0.3, -0.25) is 4.79 Å². The summed E-state index contributed by atoms with van der Waals surface area (Å²) >= 11 is 0. The zero-order valence-electron chi connectivity index (χ0n) is 37.4. The van der Waals surface area contributed by atoms with Crippen LogP contribution in [0.1, 0.15) is 198 Å². The number of rotatable bonds is 33. The van der Waals surface area contributed by atoms with Crippen molar-refractivity contribution in [2.45, 2.75) is 193 Å². The van der Waals surface area contributed by atoms with Gasteiger partial charge in [0, 0.05) is 12.3 Å². The van der Waals surface area contributed by atoms with Crippen molar-refractivity contribution in [1.29, 1.82) is 0 Å². The summed E-state index contributed by atoms with van der Waals surface area (Å²) in [7, 11) is 0. The van der Waals surface area contributed by atoms with Crippen LogP contribution in [0, 0.1) is 0 Å². The molecule has 61 heavy (non-hydrogen) atoms. The van der Waals surface area contributed by atoms with Gasteiger partial charge in [-0.1, -0.05) is 204 Å². The molecule has 0 aromatic heterocycles. The molecule has 3 rings (SSSR count). The number of carboxylic acid groups (broad SMARTS) is 1. The van der Waals surface area contributed by atoms with E-state index in [1.165, 1.54) is 103 Å². The summed E-state index contributed by atoms with van der Waals surface area (Å²) in [6.07, 6.45) is 23.2. The molecule has 0 radical (unpaired) electrons. The van der Waals surface area contributed by atoms with Crippen LogP contribution >= 0.6 is 0 Å². The number of benzene rings is 2. The highest BCUT2D eigenvalue weighted by Gasteiger charge is 2.34. The van der Waals surface area contributed by atoms with Gasteiger partial charge in [0.1, 0.15) is 12.6 Å². The van der Waals surface area contributed by atoms with E-state index in [4.69, 9.17) is 14.2 Å². The van der Waals surface area contributed by atoms with Gasteiger partial charge in [0.05, 0.1) is 13.2 Å². The number of aliphatic carboxylic acids is 1. The summed E-state index contributed by atoms with van der Waals surface area (Å²) in [6.45, 7) is 4.50. The van der Waals surface area contributed by atoms with E-state index < -0.39 is 49.0 Å². The van der Waals surface area contributed by atoms with Crippen molar-refractivity contribution in [3.8, 4) is 11.1 Å². The van der Waals surface area contributed by atoms with Crippen LogP contribution < -0.4 is 5.32 Å². The molecule has 0 saturated heterocycles. The number of carbonyl (C=O) groups is 5. The third-order valence-electron chi connectivity index (χ3n) is 11.6. The predicted octanol–water partition coefficient (Wildman–Crippen LogP) is 13.3. The van der Waals surface area contributed by atoms with Crippen LogP contribution in [0.3, 0.4) is 0 Å². The zero-order chi connectivity index (χ0) is 43.9. The van der Waals surface area contributed by atoms with Crippen LogP contribution in [-0.2, 0) is 23.8 Å². The van der Waals surface area contributed by atoms with Crippen molar-refractivity contribution in [3.05, 3.63) is 59.7 Å². The highest BCUT2D eigenvalue weighted by atomic mass is 16.6. The number of alkyl carbamates (subject to hydrolysis) is 1. The van der Waals surface area contributed by atoms with Crippen molar-refractivity contribution in [2.75, 3.05) is 19.8 Å². The van der Waals surface area contributed by atoms with Crippen LogP contribution in [0.5, 0.6) is 0 Å². The first-order valence-electron chi connectivity index (χ1n) is 23.8. The summed E-state index contributed by atoms with van der Waals surface area (Å²) in [5.74, 6) is -2.59. The summed E-state index contributed by atoms with van der Waals surface area (Å²) < 4.78 is 16.3. The molecule has 0 heterocycles. The number of ether oxygens (including phenoxy) is 3. The molecule has 0 aliphatic heterocycles. The number of nitrogens with one attached hydrogen (secondary N) is 1. The Morgan fingerprint density at radius 1 is 0.557 bits per heavy atom. The first kappa shape index (κ1) is 50.9. The van der Waals surface area contributed by atoms with Crippen molar-refractivity contribution >= 4 is 30.2 Å². The van der Waals surface area contributed by atoms with Gasteiger partial charge in [0.15, 0.2) is 0 Å². The molecule has 2 aromatic rings. The molecule has 1 aliphatic carbocycles. The van der Waals surface area contributed by atoms with Gasteiger partial charge in [-0.05, 0) is 41.5 Å². The smallest absolute Gasteiger partial charge is 0.426 e. The van der Waals surface area contributed by atoms with Gasteiger partial charge in [-0.15, -0.1) is 4.90 Å². The van der Waals surface area contributed by atoms with Gasteiger partial charge in [-0.25, -0.2) is 19.2 Å². The first-order valence-corrected chi connectivity index (χ1v) is 23.8. The Hall–Kier alpha value is -4.41. The fourth-order valence-corrected chi connectivity index (χ4v) is 8.03. The maximum Gasteiger partial charge on any atom is 0.426 e. The largest absolute Gasteiger partial charge is 0.480 e.